The summed E-state index contributed by atoms with van der Waals surface area (Å²) in [5, 5.41) is 0. The summed E-state index contributed by atoms with van der Waals surface area (Å²) < 4.78 is 47.3. The molecule has 11 heteroatoms. The van der Waals surface area contributed by atoms with Crippen LogP contribution in [0.4, 0.5) is 0 Å². The van der Waals surface area contributed by atoms with Gasteiger partial charge in [-0.2, -0.15) is 0 Å². The molecule has 1 N–H and O–H groups in total. The molecular formula is C27H48O10P-. The highest BCUT2D eigenvalue weighted by Gasteiger charge is 2.04. The highest BCUT2D eigenvalue weighted by atomic mass is 31.2. The molecule has 0 aliphatic carbocycles. The lowest BCUT2D eigenvalue weighted by molar-refractivity contribution is -0.220. The molecule has 0 aliphatic rings. The minimum atomic E-state index is -4.68. The third-order valence-corrected chi connectivity index (χ3v) is 5.99. The van der Waals surface area contributed by atoms with E-state index in [-0.39, 0.29) is 19.8 Å². The van der Waals surface area contributed by atoms with Gasteiger partial charge in [0.25, 0.3) is 7.82 Å². The minimum absolute atomic E-state index is 0.0496. The molecule has 0 heterocycles. The van der Waals surface area contributed by atoms with Gasteiger partial charge in [-0.05, 0) is 24.5 Å². The molecule has 1 aromatic carbocycles. The summed E-state index contributed by atoms with van der Waals surface area (Å²) in [4.78, 5) is 18.8. The Bertz CT molecular complexity index is 700. The first kappa shape index (κ1) is 35.0. The Morgan fingerprint density at radius 1 is 0.658 bits per heavy atom. The van der Waals surface area contributed by atoms with Gasteiger partial charge in [0.15, 0.2) is 0 Å². The van der Waals surface area contributed by atoms with Gasteiger partial charge in [0, 0.05) is 0 Å². The molecule has 38 heavy (non-hydrogen) atoms. The molecule has 0 saturated carbocycles. The largest absolute Gasteiger partial charge is 0.756 e. The molecule has 0 saturated heterocycles. The van der Waals surface area contributed by atoms with Gasteiger partial charge in [-0.1, -0.05) is 63.6 Å². The molecule has 1 aromatic rings. The van der Waals surface area contributed by atoms with Crippen molar-refractivity contribution in [3.63, 3.8) is 0 Å². The zero-order chi connectivity index (χ0) is 27.6. The van der Waals surface area contributed by atoms with Crippen LogP contribution in [0.1, 0.15) is 57.4 Å². The summed E-state index contributed by atoms with van der Waals surface area (Å²) in [6.07, 6.45) is 10.2. The molecule has 0 amide bonds. The van der Waals surface area contributed by atoms with Crippen molar-refractivity contribution in [3.05, 3.63) is 29.8 Å². The number of para-hydroxylation sites is 1. The second-order valence-corrected chi connectivity index (χ2v) is 9.89. The first-order chi connectivity index (χ1) is 18.5. The monoisotopic (exact) mass is 563 g/mol. The SMILES string of the molecule is CCCCCCCCCc1ccccc1OCCOCCOCCOCCOCCOCCOP(=O)([O-])O. The summed E-state index contributed by atoms with van der Waals surface area (Å²) in [7, 11) is -4.68. The third kappa shape index (κ3) is 22.9. The normalized spacial score (nSPS) is 13.0. The number of benzene rings is 1. The van der Waals surface area contributed by atoms with Crippen LogP contribution in [0, 0.1) is 0 Å². The van der Waals surface area contributed by atoms with Crippen LogP contribution >= 0.6 is 7.82 Å². The third-order valence-electron chi connectivity index (χ3n) is 5.48. The summed E-state index contributed by atoms with van der Waals surface area (Å²) >= 11 is 0. The van der Waals surface area contributed by atoms with Crippen LogP contribution < -0.4 is 9.63 Å². The number of phosphoric acid groups is 1. The van der Waals surface area contributed by atoms with Crippen LogP contribution in [-0.4, -0.2) is 84.2 Å². The van der Waals surface area contributed by atoms with E-state index in [9.17, 15) is 9.46 Å². The van der Waals surface area contributed by atoms with E-state index in [1.807, 2.05) is 12.1 Å². The lowest BCUT2D eigenvalue weighted by Crippen LogP contribution is -2.15. The van der Waals surface area contributed by atoms with Gasteiger partial charge in [-0.25, -0.2) is 0 Å². The number of phosphoric ester groups is 1. The average molecular weight is 564 g/mol. The summed E-state index contributed by atoms with van der Waals surface area (Å²) in [6.45, 7) is 6.52. The fourth-order valence-electron chi connectivity index (χ4n) is 3.53. The second kappa shape index (κ2) is 24.9. The molecule has 0 radical (unpaired) electrons. The highest BCUT2D eigenvalue weighted by molar-refractivity contribution is 7.44. The molecule has 1 atom stereocenters. The van der Waals surface area contributed by atoms with E-state index in [2.05, 4.69) is 23.6 Å². The Hall–Kier alpha value is -1.07. The fourth-order valence-corrected chi connectivity index (χ4v) is 3.83. The fraction of sp³-hybridized carbons (Fsp3) is 0.778. The number of rotatable bonds is 28. The number of unbranched alkanes of at least 4 members (excludes halogenated alkanes) is 6. The Morgan fingerprint density at radius 2 is 1.11 bits per heavy atom. The Labute approximate surface area is 228 Å². The van der Waals surface area contributed by atoms with Gasteiger partial charge in [0.2, 0.25) is 0 Å². The van der Waals surface area contributed by atoms with Crippen molar-refractivity contribution in [2.24, 2.45) is 0 Å². The van der Waals surface area contributed by atoms with Gasteiger partial charge in [-0.15, -0.1) is 0 Å². The zero-order valence-electron chi connectivity index (χ0n) is 23.0. The average Bonchev–Trinajstić information content (AvgIpc) is 2.89. The van der Waals surface area contributed by atoms with E-state index in [0.29, 0.717) is 59.5 Å². The number of hydrogen-bond acceptors (Lipinski definition) is 9. The summed E-state index contributed by atoms with van der Waals surface area (Å²) in [5.74, 6) is 0.956. The standard InChI is InChI=1S/C27H49O10P/c1-2-3-4-5-6-7-8-11-26-12-9-10-13-27(26)36-24-22-34-20-18-32-16-14-31-15-17-33-19-21-35-23-25-37-38(28,29)30/h9-10,12-13H,2-8,11,14-25H2,1H3,(H2,28,29,30)/p-1. The summed E-state index contributed by atoms with van der Waals surface area (Å²) in [5.41, 5.74) is 1.27. The van der Waals surface area contributed by atoms with Crippen LogP contribution in [0.15, 0.2) is 24.3 Å². The van der Waals surface area contributed by atoms with Crippen LogP contribution in [0.2, 0.25) is 0 Å². The quantitative estimate of drug-likeness (QED) is 0.118. The maximum atomic E-state index is 10.4. The minimum Gasteiger partial charge on any atom is -0.756 e. The van der Waals surface area contributed by atoms with Crippen LogP contribution in [0.3, 0.4) is 0 Å². The lowest BCUT2D eigenvalue weighted by Gasteiger charge is -2.15. The van der Waals surface area contributed by atoms with Crippen molar-refractivity contribution in [1.82, 2.24) is 0 Å². The summed E-state index contributed by atoms with van der Waals surface area (Å²) in [6, 6.07) is 8.27. The maximum absolute atomic E-state index is 10.4. The van der Waals surface area contributed by atoms with Gasteiger partial charge < -0.3 is 42.7 Å². The number of aryl methyl sites for hydroxylation is 1. The lowest BCUT2D eigenvalue weighted by atomic mass is 10.0. The highest BCUT2D eigenvalue weighted by Crippen LogP contribution is 2.29. The molecule has 0 aliphatic heterocycles. The first-order valence-electron chi connectivity index (χ1n) is 13.8. The number of ether oxygens (including phenoxy) is 6. The molecule has 222 valence electrons. The topological polar surface area (TPSA) is 125 Å². The molecule has 0 fully saturated rings. The van der Waals surface area contributed by atoms with Crippen molar-refractivity contribution in [2.75, 3.05) is 79.3 Å². The van der Waals surface area contributed by atoms with Crippen molar-refractivity contribution >= 4 is 7.82 Å². The second-order valence-electron chi connectivity index (χ2n) is 8.69. The Balaban J connectivity index is 1.86. The maximum Gasteiger partial charge on any atom is 0.265 e. The van der Waals surface area contributed by atoms with E-state index < -0.39 is 7.82 Å². The van der Waals surface area contributed by atoms with Gasteiger partial charge >= 0.3 is 0 Å². The van der Waals surface area contributed by atoms with E-state index in [4.69, 9.17) is 33.3 Å². The zero-order valence-corrected chi connectivity index (χ0v) is 23.9. The van der Waals surface area contributed by atoms with Crippen LogP contribution in [0.5, 0.6) is 5.75 Å². The molecule has 1 rings (SSSR count). The van der Waals surface area contributed by atoms with Crippen LogP contribution in [-0.2, 0) is 39.2 Å². The van der Waals surface area contributed by atoms with Crippen molar-refractivity contribution in [2.45, 2.75) is 58.3 Å². The Morgan fingerprint density at radius 3 is 1.63 bits per heavy atom. The molecule has 0 aromatic heterocycles. The predicted octanol–water partition coefficient (Wildman–Crippen LogP) is 3.92. The van der Waals surface area contributed by atoms with Gasteiger partial charge in [0.1, 0.15) is 12.4 Å². The molecule has 0 bridgehead atoms. The van der Waals surface area contributed by atoms with Crippen molar-refractivity contribution in [3.8, 4) is 5.75 Å². The van der Waals surface area contributed by atoms with E-state index in [1.54, 1.807) is 0 Å². The molecule has 10 nitrogen and oxygen atoms in total. The van der Waals surface area contributed by atoms with Gasteiger partial charge in [-0.3, -0.25) is 4.57 Å². The van der Waals surface area contributed by atoms with E-state index in [1.165, 1.54) is 50.5 Å². The predicted molar refractivity (Wildman–Crippen MR) is 144 cm³/mol. The van der Waals surface area contributed by atoms with Crippen molar-refractivity contribution < 1.29 is 47.3 Å². The molecule has 1 unspecified atom stereocenters. The van der Waals surface area contributed by atoms with Crippen LogP contribution in [0.25, 0.3) is 0 Å². The smallest absolute Gasteiger partial charge is 0.265 e. The van der Waals surface area contributed by atoms with E-state index in [0.717, 1.165) is 12.2 Å². The first-order valence-corrected chi connectivity index (χ1v) is 15.3. The molecule has 0 spiro atoms. The molecular weight excluding hydrogens is 515 g/mol. The number of hydrogen-bond donors (Lipinski definition) is 1. The van der Waals surface area contributed by atoms with E-state index >= 15 is 0 Å². The van der Waals surface area contributed by atoms with Gasteiger partial charge in [0.05, 0.1) is 72.7 Å². The van der Waals surface area contributed by atoms with Crippen molar-refractivity contribution in [1.29, 1.82) is 0 Å². The Kier molecular flexibility index (Phi) is 22.9.